The average molecular weight is 300 g/mol. The largest absolute Gasteiger partial charge is 0.480 e. The number of hydrogen-bond acceptors (Lipinski definition) is 4. The first-order chi connectivity index (χ1) is 9.47. The molecule has 3 N–H and O–H groups in total. The first-order valence-electron chi connectivity index (χ1n) is 6.95. The van der Waals surface area contributed by atoms with Crippen LogP contribution >= 0.6 is 11.8 Å². The molecular weight excluding hydrogens is 280 g/mol. The van der Waals surface area contributed by atoms with Crippen LogP contribution in [0, 0.1) is 5.92 Å². The molecule has 0 aromatic rings. The van der Waals surface area contributed by atoms with E-state index in [4.69, 9.17) is 0 Å². The number of nitrogens with one attached hydrogen (secondary N) is 2. The molecule has 0 aromatic heterocycles. The third-order valence-electron chi connectivity index (χ3n) is 4.30. The van der Waals surface area contributed by atoms with Gasteiger partial charge in [-0.2, -0.15) is 0 Å². The molecule has 1 saturated heterocycles. The summed E-state index contributed by atoms with van der Waals surface area (Å²) in [6.45, 7) is 2.10. The van der Waals surface area contributed by atoms with E-state index in [9.17, 15) is 19.5 Å². The van der Waals surface area contributed by atoms with Crippen LogP contribution in [0.2, 0.25) is 0 Å². The Kier molecular flexibility index (Phi) is 4.57. The molecule has 1 aliphatic heterocycles. The van der Waals surface area contributed by atoms with E-state index in [0.717, 1.165) is 31.0 Å². The van der Waals surface area contributed by atoms with Crippen molar-refractivity contribution in [2.24, 2.45) is 5.92 Å². The molecule has 1 unspecified atom stereocenters. The SMILES string of the molecule is CCC1CCC(NC(=O)C2CSC(=O)N2)(C(=O)O)CC1. The Labute approximate surface area is 122 Å². The number of hydrogen-bond donors (Lipinski definition) is 3. The zero-order valence-corrected chi connectivity index (χ0v) is 12.3. The van der Waals surface area contributed by atoms with Crippen LogP contribution in [0.15, 0.2) is 0 Å². The molecule has 2 aliphatic rings. The van der Waals surface area contributed by atoms with Gasteiger partial charge in [-0.3, -0.25) is 9.59 Å². The first kappa shape index (κ1) is 15.2. The zero-order chi connectivity index (χ0) is 14.8. The Morgan fingerprint density at radius 1 is 1.45 bits per heavy atom. The molecule has 1 atom stereocenters. The van der Waals surface area contributed by atoms with E-state index < -0.39 is 17.6 Å². The van der Waals surface area contributed by atoms with E-state index in [-0.39, 0.29) is 11.1 Å². The molecule has 0 bridgehead atoms. The standard InChI is InChI=1S/C13H20N2O4S/c1-2-8-3-5-13(6-4-8,11(17)18)15-10(16)9-7-20-12(19)14-9/h8-9H,2-7H2,1H3,(H,14,19)(H,15,16)(H,17,18). The lowest BCUT2D eigenvalue weighted by molar-refractivity contribution is -0.150. The van der Waals surface area contributed by atoms with Crippen LogP contribution < -0.4 is 10.6 Å². The molecule has 2 amide bonds. The smallest absolute Gasteiger partial charge is 0.329 e. The third-order valence-corrected chi connectivity index (χ3v) is 5.18. The maximum absolute atomic E-state index is 12.1. The molecule has 1 heterocycles. The summed E-state index contributed by atoms with van der Waals surface area (Å²) < 4.78 is 0. The highest BCUT2D eigenvalue weighted by atomic mass is 32.2. The molecular formula is C13H20N2O4S. The fourth-order valence-electron chi connectivity index (χ4n) is 2.82. The number of carboxylic acid groups (broad SMARTS) is 1. The van der Waals surface area contributed by atoms with Crippen LogP contribution in [0.5, 0.6) is 0 Å². The zero-order valence-electron chi connectivity index (χ0n) is 11.5. The van der Waals surface area contributed by atoms with Gasteiger partial charge in [-0.25, -0.2) is 4.79 Å². The summed E-state index contributed by atoms with van der Waals surface area (Å²) in [6.07, 6.45) is 3.59. The lowest BCUT2D eigenvalue weighted by Crippen LogP contribution is -2.60. The van der Waals surface area contributed by atoms with Crippen LogP contribution in [0.25, 0.3) is 0 Å². The second kappa shape index (κ2) is 6.03. The molecule has 20 heavy (non-hydrogen) atoms. The van der Waals surface area contributed by atoms with Gasteiger partial charge in [0.2, 0.25) is 5.91 Å². The van der Waals surface area contributed by atoms with Crippen molar-refractivity contribution >= 4 is 28.9 Å². The van der Waals surface area contributed by atoms with E-state index in [1.54, 1.807) is 0 Å². The minimum Gasteiger partial charge on any atom is -0.480 e. The summed E-state index contributed by atoms with van der Waals surface area (Å²) >= 11 is 1.05. The minimum atomic E-state index is -1.17. The van der Waals surface area contributed by atoms with Crippen molar-refractivity contribution in [1.29, 1.82) is 0 Å². The Morgan fingerprint density at radius 3 is 2.55 bits per heavy atom. The second-order valence-electron chi connectivity index (χ2n) is 5.52. The van der Waals surface area contributed by atoms with Crippen molar-refractivity contribution in [3.05, 3.63) is 0 Å². The van der Waals surface area contributed by atoms with E-state index in [2.05, 4.69) is 17.6 Å². The molecule has 6 nitrogen and oxygen atoms in total. The maximum Gasteiger partial charge on any atom is 0.329 e. The summed E-state index contributed by atoms with van der Waals surface area (Å²) in [5.74, 6) is -0.461. The van der Waals surface area contributed by atoms with Crippen LogP contribution in [-0.2, 0) is 9.59 Å². The number of thioether (sulfide) groups is 1. The average Bonchev–Trinajstić information content (AvgIpc) is 2.86. The van der Waals surface area contributed by atoms with Gasteiger partial charge in [0.05, 0.1) is 0 Å². The molecule has 1 aliphatic carbocycles. The number of carbonyl (C=O) groups is 3. The van der Waals surface area contributed by atoms with Gasteiger partial charge in [0.1, 0.15) is 11.6 Å². The third kappa shape index (κ3) is 3.08. The molecule has 1 saturated carbocycles. The number of rotatable bonds is 4. The number of carbonyl (C=O) groups excluding carboxylic acids is 2. The first-order valence-corrected chi connectivity index (χ1v) is 7.94. The van der Waals surface area contributed by atoms with Gasteiger partial charge >= 0.3 is 5.97 Å². The molecule has 0 spiro atoms. The fourth-order valence-corrected chi connectivity index (χ4v) is 3.60. The quantitative estimate of drug-likeness (QED) is 0.728. The Bertz CT molecular complexity index is 419. The number of amides is 2. The molecule has 7 heteroatoms. The van der Waals surface area contributed by atoms with Crippen molar-refractivity contribution in [1.82, 2.24) is 10.6 Å². The van der Waals surface area contributed by atoms with Gasteiger partial charge in [-0.1, -0.05) is 25.1 Å². The second-order valence-corrected chi connectivity index (χ2v) is 6.52. The van der Waals surface area contributed by atoms with Crippen molar-refractivity contribution in [3.8, 4) is 0 Å². The van der Waals surface area contributed by atoms with E-state index in [1.165, 1.54) is 0 Å². The molecule has 0 radical (unpaired) electrons. The van der Waals surface area contributed by atoms with Crippen molar-refractivity contribution < 1.29 is 19.5 Å². The summed E-state index contributed by atoms with van der Waals surface area (Å²) in [4.78, 5) is 34.8. The van der Waals surface area contributed by atoms with Gasteiger partial charge < -0.3 is 15.7 Å². The highest BCUT2D eigenvalue weighted by molar-refractivity contribution is 8.14. The molecule has 112 valence electrons. The maximum atomic E-state index is 12.1. The monoisotopic (exact) mass is 300 g/mol. The lowest BCUT2D eigenvalue weighted by Gasteiger charge is -2.37. The number of carboxylic acids is 1. The summed E-state index contributed by atoms with van der Waals surface area (Å²) in [6, 6.07) is -0.618. The van der Waals surface area contributed by atoms with Crippen molar-refractivity contribution in [2.75, 3.05) is 5.75 Å². The molecule has 2 fully saturated rings. The highest BCUT2D eigenvalue weighted by Crippen LogP contribution is 2.34. The normalized spacial score (nSPS) is 33.5. The van der Waals surface area contributed by atoms with Crippen LogP contribution in [-0.4, -0.2) is 39.6 Å². The Hall–Kier alpha value is -1.24. The van der Waals surface area contributed by atoms with Gasteiger partial charge in [0, 0.05) is 5.75 Å². The van der Waals surface area contributed by atoms with Crippen molar-refractivity contribution in [3.63, 3.8) is 0 Å². The van der Waals surface area contributed by atoms with E-state index >= 15 is 0 Å². The molecule has 2 rings (SSSR count). The summed E-state index contributed by atoms with van der Waals surface area (Å²) in [5.41, 5.74) is -1.17. The van der Waals surface area contributed by atoms with Crippen LogP contribution in [0.1, 0.15) is 39.0 Å². The lowest BCUT2D eigenvalue weighted by atomic mass is 9.75. The summed E-state index contributed by atoms with van der Waals surface area (Å²) in [7, 11) is 0. The van der Waals surface area contributed by atoms with Crippen molar-refractivity contribution in [2.45, 2.75) is 50.6 Å². The summed E-state index contributed by atoms with van der Waals surface area (Å²) in [5, 5.41) is 14.5. The molecule has 0 aromatic carbocycles. The van der Waals surface area contributed by atoms with E-state index in [1.807, 2.05) is 0 Å². The highest BCUT2D eigenvalue weighted by Gasteiger charge is 2.44. The van der Waals surface area contributed by atoms with Crippen LogP contribution in [0.4, 0.5) is 4.79 Å². The number of aliphatic carboxylic acids is 1. The topological polar surface area (TPSA) is 95.5 Å². The predicted octanol–water partition coefficient (Wildman–Crippen LogP) is 1.35. The predicted molar refractivity (Wildman–Crippen MR) is 75.5 cm³/mol. The Morgan fingerprint density at radius 2 is 2.10 bits per heavy atom. The van der Waals surface area contributed by atoms with Gasteiger partial charge in [-0.05, 0) is 31.6 Å². The van der Waals surface area contributed by atoms with Gasteiger partial charge in [-0.15, -0.1) is 0 Å². The van der Waals surface area contributed by atoms with Gasteiger partial charge in [0.25, 0.3) is 5.24 Å². The Balaban J connectivity index is 2.01. The van der Waals surface area contributed by atoms with Gasteiger partial charge in [0.15, 0.2) is 0 Å². The minimum absolute atomic E-state index is 0.232. The fraction of sp³-hybridized carbons (Fsp3) is 0.769. The van der Waals surface area contributed by atoms with E-state index in [0.29, 0.717) is 24.5 Å². The van der Waals surface area contributed by atoms with Crippen LogP contribution in [0.3, 0.4) is 0 Å².